The third kappa shape index (κ3) is 4.62. The molecule has 7 heteroatoms. The maximum absolute atomic E-state index is 12.6. The second kappa shape index (κ2) is 8.98. The lowest BCUT2D eigenvalue weighted by atomic mass is 9.95. The molecule has 0 bridgehead atoms. The van der Waals surface area contributed by atoms with Gasteiger partial charge in [-0.2, -0.15) is 4.98 Å². The van der Waals surface area contributed by atoms with Crippen LogP contribution in [-0.4, -0.2) is 36.2 Å². The highest BCUT2D eigenvalue weighted by Gasteiger charge is 2.25. The first-order valence-electron chi connectivity index (χ1n) is 10.2. The van der Waals surface area contributed by atoms with E-state index in [1.54, 1.807) is 7.11 Å². The highest BCUT2D eigenvalue weighted by atomic mass is 16.5. The SMILES string of the molecule is COc1cccc(-c2noc(CNC(=O)C3CCN(c4ccc(C)cc4)CC3)n2)c1. The van der Waals surface area contributed by atoms with E-state index in [4.69, 9.17) is 9.26 Å². The minimum Gasteiger partial charge on any atom is -0.497 e. The third-order valence-corrected chi connectivity index (χ3v) is 5.47. The zero-order chi connectivity index (χ0) is 20.9. The molecular weight excluding hydrogens is 380 g/mol. The molecule has 1 aliphatic heterocycles. The van der Waals surface area contributed by atoms with Crippen molar-refractivity contribution in [1.82, 2.24) is 15.5 Å². The molecule has 1 aromatic heterocycles. The van der Waals surface area contributed by atoms with E-state index in [2.05, 4.69) is 51.5 Å². The molecule has 0 unspecified atom stereocenters. The molecule has 2 heterocycles. The van der Waals surface area contributed by atoms with Gasteiger partial charge in [0.15, 0.2) is 0 Å². The predicted molar refractivity (Wildman–Crippen MR) is 114 cm³/mol. The topological polar surface area (TPSA) is 80.5 Å². The normalized spacial score (nSPS) is 14.5. The van der Waals surface area contributed by atoms with Gasteiger partial charge in [-0.3, -0.25) is 4.79 Å². The number of hydrogen-bond acceptors (Lipinski definition) is 6. The van der Waals surface area contributed by atoms with Crippen molar-refractivity contribution < 1.29 is 14.1 Å². The summed E-state index contributed by atoms with van der Waals surface area (Å²) < 4.78 is 10.5. The molecule has 4 rings (SSSR count). The highest BCUT2D eigenvalue weighted by molar-refractivity contribution is 5.78. The van der Waals surface area contributed by atoms with Crippen LogP contribution >= 0.6 is 0 Å². The number of benzene rings is 2. The Morgan fingerprint density at radius 2 is 1.97 bits per heavy atom. The number of anilines is 1. The fraction of sp³-hybridized carbons (Fsp3) is 0.348. The summed E-state index contributed by atoms with van der Waals surface area (Å²) in [5.74, 6) is 1.64. The summed E-state index contributed by atoms with van der Waals surface area (Å²) in [4.78, 5) is 19.3. The van der Waals surface area contributed by atoms with Crippen molar-refractivity contribution >= 4 is 11.6 Å². The van der Waals surface area contributed by atoms with Crippen molar-refractivity contribution in [1.29, 1.82) is 0 Å². The van der Waals surface area contributed by atoms with Gasteiger partial charge in [-0.1, -0.05) is 35.0 Å². The lowest BCUT2D eigenvalue weighted by Crippen LogP contribution is -2.40. The predicted octanol–water partition coefficient (Wildman–Crippen LogP) is 3.59. The van der Waals surface area contributed by atoms with Crippen molar-refractivity contribution in [3.05, 3.63) is 60.0 Å². The van der Waals surface area contributed by atoms with E-state index in [9.17, 15) is 4.79 Å². The molecule has 1 amide bonds. The summed E-state index contributed by atoms with van der Waals surface area (Å²) in [5.41, 5.74) is 3.28. The summed E-state index contributed by atoms with van der Waals surface area (Å²) in [6, 6.07) is 16.0. The smallest absolute Gasteiger partial charge is 0.246 e. The van der Waals surface area contributed by atoms with Crippen LogP contribution in [0.15, 0.2) is 53.1 Å². The number of hydrogen-bond donors (Lipinski definition) is 1. The van der Waals surface area contributed by atoms with Gasteiger partial charge >= 0.3 is 0 Å². The summed E-state index contributed by atoms with van der Waals surface area (Å²) in [6.07, 6.45) is 1.66. The largest absolute Gasteiger partial charge is 0.497 e. The standard InChI is InChI=1S/C23H26N4O3/c1-16-6-8-19(9-7-16)27-12-10-17(11-13-27)23(28)24-15-21-25-22(26-30-21)18-4-3-5-20(14-18)29-2/h3-9,14,17H,10-13,15H2,1-2H3,(H,24,28). The molecule has 1 fully saturated rings. The first-order chi connectivity index (χ1) is 14.6. The Balaban J connectivity index is 1.28. The fourth-order valence-corrected chi connectivity index (χ4v) is 3.67. The Hall–Kier alpha value is -3.35. The van der Waals surface area contributed by atoms with Gasteiger partial charge in [0.2, 0.25) is 17.6 Å². The van der Waals surface area contributed by atoms with Crippen molar-refractivity contribution in [3.63, 3.8) is 0 Å². The number of rotatable bonds is 6. The number of carbonyl (C=O) groups excluding carboxylic acids is 1. The number of ether oxygens (including phenoxy) is 1. The molecule has 7 nitrogen and oxygen atoms in total. The quantitative estimate of drug-likeness (QED) is 0.674. The van der Waals surface area contributed by atoms with E-state index in [0.717, 1.165) is 37.2 Å². The molecule has 0 spiro atoms. The Morgan fingerprint density at radius 1 is 1.20 bits per heavy atom. The van der Waals surface area contributed by atoms with Gasteiger partial charge in [-0.15, -0.1) is 0 Å². The number of nitrogens with one attached hydrogen (secondary N) is 1. The molecule has 2 aromatic carbocycles. The van der Waals surface area contributed by atoms with Crippen LogP contribution in [0.25, 0.3) is 11.4 Å². The first-order valence-corrected chi connectivity index (χ1v) is 10.2. The van der Waals surface area contributed by atoms with E-state index in [1.807, 2.05) is 24.3 Å². The number of carbonyl (C=O) groups is 1. The van der Waals surface area contributed by atoms with Gasteiger partial charge < -0.3 is 19.5 Å². The van der Waals surface area contributed by atoms with Crippen molar-refractivity contribution in [2.24, 2.45) is 5.92 Å². The molecule has 3 aromatic rings. The number of methoxy groups -OCH3 is 1. The summed E-state index contributed by atoms with van der Waals surface area (Å²) >= 11 is 0. The number of nitrogens with zero attached hydrogens (tertiary/aromatic N) is 3. The van der Waals surface area contributed by atoms with Crippen LogP contribution in [-0.2, 0) is 11.3 Å². The van der Waals surface area contributed by atoms with Crippen LogP contribution in [0.3, 0.4) is 0 Å². The van der Waals surface area contributed by atoms with Crippen LogP contribution in [0.2, 0.25) is 0 Å². The Bertz CT molecular complexity index is 992. The van der Waals surface area contributed by atoms with Gasteiger partial charge in [0, 0.05) is 30.3 Å². The zero-order valence-electron chi connectivity index (χ0n) is 17.3. The molecule has 30 heavy (non-hydrogen) atoms. The molecule has 156 valence electrons. The van der Waals surface area contributed by atoms with E-state index >= 15 is 0 Å². The summed E-state index contributed by atoms with van der Waals surface area (Å²) in [7, 11) is 1.61. The molecule has 0 saturated carbocycles. The number of amides is 1. The fourth-order valence-electron chi connectivity index (χ4n) is 3.67. The van der Waals surface area contributed by atoms with Crippen LogP contribution in [0, 0.1) is 12.8 Å². The molecule has 1 N–H and O–H groups in total. The zero-order valence-corrected chi connectivity index (χ0v) is 17.3. The minimum atomic E-state index is 0.00692. The van der Waals surface area contributed by atoms with Gasteiger partial charge in [0.05, 0.1) is 13.7 Å². The van der Waals surface area contributed by atoms with Crippen LogP contribution in [0.1, 0.15) is 24.3 Å². The average molecular weight is 406 g/mol. The molecule has 0 aliphatic carbocycles. The van der Waals surface area contributed by atoms with Gasteiger partial charge in [-0.05, 0) is 44.0 Å². The van der Waals surface area contributed by atoms with Gasteiger partial charge in [-0.25, -0.2) is 0 Å². The van der Waals surface area contributed by atoms with Gasteiger partial charge in [0.25, 0.3) is 0 Å². The lowest BCUT2D eigenvalue weighted by Gasteiger charge is -2.33. The summed E-state index contributed by atoms with van der Waals surface area (Å²) in [6.45, 7) is 4.07. The minimum absolute atomic E-state index is 0.00692. The van der Waals surface area contributed by atoms with Crippen LogP contribution in [0.5, 0.6) is 5.75 Å². The van der Waals surface area contributed by atoms with Crippen LogP contribution in [0.4, 0.5) is 5.69 Å². The Labute approximate surface area is 176 Å². The lowest BCUT2D eigenvalue weighted by molar-refractivity contribution is -0.125. The highest BCUT2D eigenvalue weighted by Crippen LogP contribution is 2.24. The number of piperidine rings is 1. The van der Waals surface area contributed by atoms with Crippen molar-refractivity contribution in [2.45, 2.75) is 26.3 Å². The van der Waals surface area contributed by atoms with E-state index in [0.29, 0.717) is 11.7 Å². The first kappa shape index (κ1) is 19.9. The number of aryl methyl sites for hydroxylation is 1. The second-order valence-corrected chi connectivity index (χ2v) is 7.56. The number of aromatic nitrogens is 2. The van der Waals surface area contributed by atoms with E-state index in [1.165, 1.54) is 11.3 Å². The Kier molecular flexibility index (Phi) is 5.97. The van der Waals surface area contributed by atoms with E-state index < -0.39 is 0 Å². The maximum atomic E-state index is 12.6. The molecule has 0 radical (unpaired) electrons. The maximum Gasteiger partial charge on any atom is 0.246 e. The molecule has 0 atom stereocenters. The van der Waals surface area contributed by atoms with Crippen molar-refractivity contribution in [2.75, 3.05) is 25.1 Å². The summed E-state index contributed by atoms with van der Waals surface area (Å²) in [5, 5.41) is 6.94. The van der Waals surface area contributed by atoms with Crippen LogP contribution < -0.4 is 15.0 Å². The monoisotopic (exact) mass is 406 g/mol. The Morgan fingerprint density at radius 3 is 2.70 bits per heavy atom. The molecule has 1 saturated heterocycles. The van der Waals surface area contributed by atoms with E-state index in [-0.39, 0.29) is 18.4 Å². The molecule has 1 aliphatic rings. The molecular formula is C23H26N4O3. The average Bonchev–Trinajstić information content (AvgIpc) is 3.27. The third-order valence-electron chi connectivity index (χ3n) is 5.47. The van der Waals surface area contributed by atoms with Gasteiger partial charge in [0.1, 0.15) is 5.75 Å². The van der Waals surface area contributed by atoms with Crippen molar-refractivity contribution in [3.8, 4) is 17.1 Å². The second-order valence-electron chi connectivity index (χ2n) is 7.56.